The third-order valence-corrected chi connectivity index (χ3v) is 8.38. The van der Waals surface area contributed by atoms with Gasteiger partial charge in [-0.3, -0.25) is 24.3 Å². The maximum Gasteiger partial charge on any atom is 0.234 e. The zero-order chi connectivity index (χ0) is 28.2. The zero-order valence-electron chi connectivity index (χ0n) is 21.4. The average molecular weight is 573 g/mol. The lowest BCUT2D eigenvalue weighted by atomic mass is 9.76. The molecule has 2 amide bonds. The molecule has 4 N–H and O–H groups in total. The van der Waals surface area contributed by atoms with E-state index in [1.54, 1.807) is 47.6 Å². The molecule has 5 rings (SSSR count). The Morgan fingerprint density at radius 1 is 1.18 bits per heavy atom. The van der Waals surface area contributed by atoms with E-state index in [9.17, 15) is 19.6 Å². The number of pyridine rings is 1. The van der Waals surface area contributed by atoms with Gasteiger partial charge in [-0.1, -0.05) is 29.2 Å². The molecule has 1 atom stereocenters. The molecule has 3 aromatic rings. The molecule has 2 aromatic heterocycles. The summed E-state index contributed by atoms with van der Waals surface area (Å²) in [6, 6.07) is 12.6. The van der Waals surface area contributed by atoms with Crippen molar-refractivity contribution in [1.82, 2.24) is 15.2 Å². The number of thioether (sulfide) groups is 1. The van der Waals surface area contributed by atoms with E-state index in [0.29, 0.717) is 45.7 Å². The largest absolute Gasteiger partial charge is 0.384 e. The van der Waals surface area contributed by atoms with Crippen molar-refractivity contribution in [3.8, 4) is 6.07 Å². The fourth-order valence-electron chi connectivity index (χ4n) is 4.70. The number of rotatable bonds is 7. The minimum Gasteiger partial charge on any atom is -0.384 e. The van der Waals surface area contributed by atoms with Crippen molar-refractivity contribution in [1.29, 1.82) is 5.26 Å². The molecular weight excluding hydrogens is 548 g/mol. The van der Waals surface area contributed by atoms with Gasteiger partial charge in [0.25, 0.3) is 0 Å². The number of nitrogens with zero attached hydrogens (tertiary/aromatic N) is 5. The summed E-state index contributed by atoms with van der Waals surface area (Å²) in [5, 5.41) is 24.5. The average Bonchev–Trinajstić information content (AvgIpc) is 3.41. The van der Waals surface area contributed by atoms with Gasteiger partial charge in [-0.2, -0.15) is 5.26 Å². The number of nitriles is 1. The second-order valence-corrected chi connectivity index (χ2v) is 11.2. The summed E-state index contributed by atoms with van der Waals surface area (Å²) in [5.74, 6) is -0.729. The maximum atomic E-state index is 13.2. The zero-order valence-corrected chi connectivity index (χ0v) is 23.0. The Kier molecular flexibility index (Phi) is 7.90. The molecule has 13 heteroatoms. The molecule has 0 fully saturated rings. The van der Waals surface area contributed by atoms with Crippen LogP contribution in [0.5, 0.6) is 0 Å². The molecule has 1 unspecified atom stereocenters. The van der Waals surface area contributed by atoms with Crippen LogP contribution in [0.1, 0.15) is 37.7 Å². The Morgan fingerprint density at radius 2 is 1.93 bits per heavy atom. The molecule has 0 spiro atoms. The molecule has 0 radical (unpaired) electrons. The number of nitrogens with one attached hydrogen (secondary N) is 2. The van der Waals surface area contributed by atoms with Gasteiger partial charge in [0.15, 0.2) is 10.1 Å². The predicted octanol–water partition coefficient (Wildman–Crippen LogP) is 3.93. The van der Waals surface area contributed by atoms with Crippen LogP contribution in [0.2, 0.25) is 0 Å². The van der Waals surface area contributed by atoms with Gasteiger partial charge in [-0.25, -0.2) is 0 Å². The van der Waals surface area contributed by atoms with Crippen LogP contribution in [0.25, 0.3) is 0 Å². The van der Waals surface area contributed by atoms with Crippen molar-refractivity contribution >= 4 is 57.2 Å². The highest BCUT2D eigenvalue weighted by Gasteiger charge is 2.41. The van der Waals surface area contributed by atoms with Gasteiger partial charge < -0.3 is 16.4 Å². The molecule has 11 nitrogen and oxygen atoms in total. The first-order valence-corrected chi connectivity index (χ1v) is 14.2. The van der Waals surface area contributed by atoms with Crippen LogP contribution < -0.4 is 21.3 Å². The third-order valence-electron chi connectivity index (χ3n) is 6.33. The van der Waals surface area contributed by atoms with Crippen LogP contribution in [0.4, 0.5) is 16.5 Å². The van der Waals surface area contributed by atoms with E-state index < -0.39 is 5.92 Å². The maximum absolute atomic E-state index is 13.2. The number of amides is 2. The summed E-state index contributed by atoms with van der Waals surface area (Å²) in [6.07, 6.45) is 4.95. The number of aromatic nitrogens is 3. The van der Waals surface area contributed by atoms with Gasteiger partial charge in [0.05, 0.1) is 23.3 Å². The Balaban J connectivity index is 1.34. The quantitative estimate of drug-likeness (QED) is 0.353. The Bertz CT molecular complexity index is 1570. The van der Waals surface area contributed by atoms with Crippen molar-refractivity contribution in [3.63, 3.8) is 0 Å². The van der Waals surface area contributed by atoms with E-state index in [-0.39, 0.29) is 34.7 Å². The standard InChI is InChI=1S/C27H24N8O3S2/c1-15(36)31-17-7-9-18(10-8-17)32-22(38)14-39-27-34-33-26(40-27)35-20-5-2-6-21(37)24(20)23(19(12-28)25(35)29)16-4-3-11-30-13-16/h3-4,7-11,13,23H,2,5-6,14,29H2,1H3,(H,31,36)(H,32,38). The summed E-state index contributed by atoms with van der Waals surface area (Å²) in [4.78, 5) is 42.7. The van der Waals surface area contributed by atoms with E-state index in [0.717, 1.165) is 11.3 Å². The number of hydrogen-bond donors (Lipinski definition) is 3. The van der Waals surface area contributed by atoms with Crippen molar-refractivity contribution in [2.75, 3.05) is 21.3 Å². The normalized spacial score (nSPS) is 16.9. The van der Waals surface area contributed by atoms with E-state index in [1.807, 2.05) is 6.07 Å². The number of allylic oxidation sites excluding steroid dienone is 3. The van der Waals surface area contributed by atoms with Gasteiger partial charge in [0.1, 0.15) is 5.82 Å². The Morgan fingerprint density at radius 3 is 2.60 bits per heavy atom. The van der Waals surface area contributed by atoms with Crippen LogP contribution in [0.3, 0.4) is 0 Å². The lowest BCUT2D eigenvalue weighted by molar-refractivity contribution is -0.116. The molecule has 0 saturated heterocycles. The minimum absolute atomic E-state index is 0.0266. The molecule has 202 valence electrons. The summed E-state index contributed by atoms with van der Waals surface area (Å²) < 4.78 is 0.538. The third kappa shape index (κ3) is 5.58. The molecular formula is C27H24N8O3S2. The lowest BCUT2D eigenvalue weighted by Crippen LogP contribution is -2.38. The highest BCUT2D eigenvalue weighted by molar-refractivity contribution is 8.01. The number of carbonyl (C=O) groups is 3. The van der Waals surface area contributed by atoms with E-state index >= 15 is 0 Å². The fraction of sp³-hybridized carbons (Fsp3) is 0.222. The highest BCUT2D eigenvalue weighted by Crippen LogP contribution is 2.46. The van der Waals surface area contributed by atoms with Gasteiger partial charge in [-0.15, -0.1) is 10.2 Å². The lowest BCUT2D eigenvalue weighted by Gasteiger charge is -2.37. The summed E-state index contributed by atoms with van der Waals surface area (Å²) in [6.45, 7) is 1.42. The highest BCUT2D eigenvalue weighted by atomic mass is 32.2. The number of nitrogens with two attached hydrogens (primary N) is 1. The number of benzene rings is 1. The Labute approximate surface area is 238 Å². The van der Waals surface area contributed by atoms with Crippen LogP contribution in [-0.4, -0.2) is 38.5 Å². The van der Waals surface area contributed by atoms with Crippen LogP contribution in [-0.2, 0) is 14.4 Å². The van der Waals surface area contributed by atoms with Crippen molar-refractivity contribution in [2.45, 2.75) is 36.4 Å². The molecule has 3 heterocycles. The molecule has 2 aliphatic rings. The van der Waals surface area contributed by atoms with Gasteiger partial charge in [-0.05, 0) is 48.7 Å². The van der Waals surface area contributed by atoms with E-state index in [2.05, 4.69) is 31.9 Å². The molecule has 1 aliphatic carbocycles. The number of hydrogen-bond acceptors (Lipinski definition) is 11. The second-order valence-electron chi connectivity index (χ2n) is 9.05. The summed E-state index contributed by atoms with van der Waals surface area (Å²) in [7, 11) is 0. The molecule has 0 saturated carbocycles. The monoisotopic (exact) mass is 572 g/mol. The number of carbonyl (C=O) groups excluding carboxylic acids is 3. The van der Waals surface area contributed by atoms with Crippen molar-refractivity contribution in [2.24, 2.45) is 5.73 Å². The molecule has 1 aromatic carbocycles. The first kappa shape index (κ1) is 27.0. The van der Waals surface area contributed by atoms with Gasteiger partial charge in [0, 0.05) is 48.4 Å². The van der Waals surface area contributed by atoms with Crippen LogP contribution in [0.15, 0.2) is 75.8 Å². The van der Waals surface area contributed by atoms with Crippen molar-refractivity contribution in [3.05, 3.63) is 77.0 Å². The minimum atomic E-state index is -0.587. The van der Waals surface area contributed by atoms with E-state index in [4.69, 9.17) is 5.73 Å². The summed E-state index contributed by atoms with van der Waals surface area (Å²) >= 11 is 2.45. The number of Topliss-reactive ketones (excluding diaryl/α,β-unsaturated/α-hetero) is 1. The molecule has 0 bridgehead atoms. The summed E-state index contributed by atoms with van der Waals surface area (Å²) in [5.41, 5.74) is 10.0. The van der Waals surface area contributed by atoms with Gasteiger partial charge in [0.2, 0.25) is 16.9 Å². The van der Waals surface area contributed by atoms with E-state index in [1.165, 1.54) is 30.0 Å². The SMILES string of the molecule is CC(=O)Nc1ccc(NC(=O)CSc2nnc(N3C(N)=C(C#N)C(c4cccnc4)C4=C3CCCC4=O)s2)cc1. The number of anilines is 3. The predicted molar refractivity (Wildman–Crippen MR) is 152 cm³/mol. The molecule has 40 heavy (non-hydrogen) atoms. The first-order chi connectivity index (χ1) is 19.4. The molecule has 1 aliphatic heterocycles. The van der Waals surface area contributed by atoms with Gasteiger partial charge >= 0.3 is 0 Å². The van der Waals surface area contributed by atoms with Crippen molar-refractivity contribution < 1.29 is 14.4 Å². The fourth-order valence-corrected chi connectivity index (χ4v) is 6.38. The number of ketones is 1. The van der Waals surface area contributed by atoms with Crippen LogP contribution in [0, 0.1) is 11.3 Å². The smallest absolute Gasteiger partial charge is 0.234 e. The van der Waals surface area contributed by atoms with Crippen LogP contribution >= 0.6 is 23.1 Å². The Hall–Kier alpha value is -4.54. The topological polar surface area (TPSA) is 167 Å². The first-order valence-electron chi connectivity index (χ1n) is 12.4. The second kappa shape index (κ2) is 11.7.